The van der Waals surface area contributed by atoms with Gasteiger partial charge in [-0.2, -0.15) is 0 Å². The van der Waals surface area contributed by atoms with Crippen molar-refractivity contribution in [2.45, 2.75) is 31.3 Å². The minimum absolute atomic E-state index is 0. The molecule has 0 aromatic heterocycles. The molecule has 1 aliphatic rings. The number of hydrogen-bond acceptors (Lipinski definition) is 7. The number of amides is 3. The molecule has 11 nitrogen and oxygen atoms in total. The van der Waals surface area contributed by atoms with Crippen LogP contribution >= 0.6 is 12.4 Å². The van der Waals surface area contributed by atoms with Gasteiger partial charge in [-0.05, 0) is 37.1 Å². The van der Waals surface area contributed by atoms with Gasteiger partial charge in [0.25, 0.3) is 17.7 Å². The van der Waals surface area contributed by atoms with Gasteiger partial charge in [0.05, 0.1) is 6.54 Å². The number of nitrogens with zero attached hydrogens (tertiary/aromatic N) is 2. The van der Waals surface area contributed by atoms with Crippen LogP contribution in [0.5, 0.6) is 0 Å². The minimum atomic E-state index is -2.23. The van der Waals surface area contributed by atoms with Gasteiger partial charge in [0.1, 0.15) is 12.6 Å². The molecule has 0 aliphatic carbocycles. The zero-order valence-electron chi connectivity index (χ0n) is 17.7. The average Bonchev–Trinajstić information content (AvgIpc) is 2.74. The maximum absolute atomic E-state index is 13.5. The number of benzene rings is 1. The molecule has 1 aromatic rings. The first kappa shape index (κ1) is 27.0. The van der Waals surface area contributed by atoms with E-state index in [1.54, 1.807) is 12.1 Å². The lowest BCUT2D eigenvalue weighted by molar-refractivity contribution is -0.165. The Morgan fingerprint density at radius 2 is 1.75 bits per heavy atom. The molecule has 2 atom stereocenters. The van der Waals surface area contributed by atoms with Crippen molar-refractivity contribution in [3.8, 4) is 0 Å². The van der Waals surface area contributed by atoms with E-state index < -0.39 is 60.7 Å². The Hall–Kier alpha value is -3.02. The maximum atomic E-state index is 13.5. The number of carboxylic acids is 1. The Morgan fingerprint density at radius 3 is 2.19 bits per heavy atom. The number of carbonyl (C=O) groups is 5. The molecular weight excluding hydrogens is 442 g/mol. The van der Waals surface area contributed by atoms with E-state index >= 15 is 0 Å². The second-order valence-electron chi connectivity index (χ2n) is 7.25. The Balaban J connectivity index is 0.00000512. The number of Topliss-reactive ketones (excluding diaryl/α,β-unsaturated/α-hetero) is 1. The number of halogens is 1. The Morgan fingerprint density at radius 1 is 1.16 bits per heavy atom. The van der Waals surface area contributed by atoms with Crippen molar-refractivity contribution in [3.63, 3.8) is 0 Å². The monoisotopic (exact) mass is 469 g/mol. The van der Waals surface area contributed by atoms with Crippen LogP contribution in [0.25, 0.3) is 0 Å². The fourth-order valence-corrected chi connectivity index (χ4v) is 3.84. The average molecular weight is 470 g/mol. The highest BCUT2D eigenvalue weighted by Crippen LogP contribution is 2.32. The summed E-state index contributed by atoms with van der Waals surface area (Å²) in [6.07, 6.45) is 0.345. The minimum Gasteiger partial charge on any atom is -0.480 e. The van der Waals surface area contributed by atoms with Crippen molar-refractivity contribution in [2.75, 3.05) is 26.2 Å². The molecule has 0 saturated carbocycles. The van der Waals surface area contributed by atoms with E-state index in [1.165, 1.54) is 19.1 Å². The first-order valence-corrected chi connectivity index (χ1v) is 9.80. The molecule has 32 heavy (non-hydrogen) atoms. The van der Waals surface area contributed by atoms with Crippen molar-refractivity contribution in [3.05, 3.63) is 35.4 Å². The number of carboxylic acid groups (broad SMARTS) is 1. The van der Waals surface area contributed by atoms with E-state index in [-0.39, 0.29) is 24.4 Å². The predicted molar refractivity (Wildman–Crippen MR) is 117 cm³/mol. The molecule has 1 fully saturated rings. The molecule has 12 heteroatoms. The van der Waals surface area contributed by atoms with Gasteiger partial charge in [-0.25, -0.2) is 0 Å². The summed E-state index contributed by atoms with van der Waals surface area (Å²) in [6.45, 7) is 0.241. The zero-order chi connectivity index (χ0) is 23.3. The third kappa shape index (κ3) is 4.90. The molecule has 1 saturated heterocycles. The lowest BCUT2D eigenvalue weighted by atomic mass is 9.84. The molecule has 0 bridgehead atoms. The van der Waals surface area contributed by atoms with E-state index in [4.69, 9.17) is 22.3 Å². The summed E-state index contributed by atoms with van der Waals surface area (Å²) >= 11 is 0. The Bertz CT molecular complexity index is 893. The number of hydrogen-bond donors (Lipinski definition) is 4. The molecule has 0 radical (unpaired) electrons. The molecule has 2 rings (SSSR count). The second kappa shape index (κ2) is 11.0. The molecule has 1 aromatic carbocycles. The van der Waals surface area contributed by atoms with Crippen LogP contribution in [0.2, 0.25) is 0 Å². The van der Waals surface area contributed by atoms with Crippen LogP contribution < -0.4 is 17.2 Å². The molecule has 1 aliphatic heterocycles. The van der Waals surface area contributed by atoms with E-state index in [1.807, 2.05) is 0 Å². The summed E-state index contributed by atoms with van der Waals surface area (Å²) in [6, 6.07) is 5.05. The van der Waals surface area contributed by atoms with Crippen LogP contribution in [-0.4, -0.2) is 82.1 Å². The number of carbonyl (C=O) groups excluding carboxylic acids is 4. The van der Waals surface area contributed by atoms with E-state index in [0.29, 0.717) is 13.0 Å². The molecular formula is C20H28ClN5O6. The highest BCUT2D eigenvalue weighted by atomic mass is 35.5. The smallest absolute Gasteiger partial charge is 0.323 e. The predicted octanol–water partition coefficient (Wildman–Crippen LogP) is -1.49. The van der Waals surface area contributed by atoms with Crippen LogP contribution in [0, 0.1) is 0 Å². The van der Waals surface area contributed by atoms with Crippen molar-refractivity contribution in [1.82, 2.24) is 9.80 Å². The number of nitrogens with two attached hydrogens (primary N) is 3. The van der Waals surface area contributed by atoms with Crippen molar-refractivity contribution in [2.24, 2.45) is 17.2 Å². The van der Waals surface area contributed by atoms with Gasteiger partial charge in [-0.3, -0.25) is 24.0 Å². The third-order valence-electron chi connectivity index (χ3n) is 5.43. The summed E-state index contributed by atoms with van der Waals surface area (Å²) in [5.41, 5.74) is 15.4. The number of primary amides is 1. The van der Waals surface area contributed by atoms with Crippen molar-refractivity contribution < 1.29 is 29.1 Å². The summed E-state index contributed by atoms with van der Waals surface area (Å²) in [5, 5.41) is 9.16. The van der Waals surface area contributed by atoms with Crippen molar-refractivity contribution in [1.29, 1.82) is 0 Å². The molecule has 1 unspecified atom stereocenters. The van der Waals surface area contributed by atoms with E-state index in [9.17, 15) is 24.0 Å². The fourth-order valence-electron chi connectivity index (χ4n) is 3.84. The third-order valence-corrected chi connectivity index (χ3v) is 5.43. The largest absolute Gasteiger partial charge is 0.480 e. The van der Waals surface area contributed by atoms with Crippen molar-refractivity contribution >= 4 is 41.9 Å². The van der Waals surface area contributed by atoms with E-state index in [0.717, 1.165) is 15.4 Å². The highest BCUT2D eigenvalue weighted by molar-refractivity contribution is 6.15. The van der Waals surface area contributed by atoms with Gasteiger partial charge in [-0.15, -0.1) is 12.4 Å². The van der Waals surface area contributed by atoms with Gasteiger partial charge < -0.3 is 32.1 Å². The Kier molecular flexibility index (Phi) is 9.31. The lowest BCUT2D eigenvalue weighted by Crippen LogP contribution is -2.77. The maximum Gasteiger partial charge on any atom is 0.323 e. The summed E-state index contributed by atoms with van der Waals surface area (Å²) in [4.78, 5) is 64.9. The normalized spacial score (nSPS) is 20.5. The number of aliphatic carboxylic acids is 1. The van der Waals surface area contributed by atoms with Gasteiger partial charge in [-0.1, -0.05) is 19.1 Å². The molecule has 3 amide bonds. The highest BCUT2D eigenvalue weighted by Gasteiger charge is 2.59. The molecule has 0 spiro atoms. The van der Waals surface area contributed by atoms with Gasteiger partial charge >= 0.3 is 5.97 Å². The summed E-state index contributed by atoms with van der Waals surface area (Å²) < 4.78 is 0. The van der Waals surface area contributed by atoms with Crippen LogP contribution in [0.1, 0.15) is 29.3 Å². The van der Waals surface area contributed by atoms with Gasteiger partial charge in [0, 0.05) is 12.1 Å². The first-order valence-electron chi connectivity index (χ1n) is 9.80. The number of ketones is 1. The van der Waals surface area contributed by atoms with Crippen LogP contribution in [0.4, 0.5) is 0 Å². The fraction of sp³-hybridized carbons (Fsp3) is 0.450. The second-order valence-corrected chi connectivity index (χ2v) is 7.25. The van der Waals surface area contributed by atoms with Crippen LogP contribution in [0.15, 0.2) is 24.3 Å². The molecule has 176 valence electrons. The summed E-state index contributed by atoms with van der Waals surface area (Å²) in [5.74, 6) is -4.82. The molecule has 1 heterocycles. The quantitative estimate of drug-likeness (QED) is 0.314. The van der Waals surface area contributed by atoms with Crippen LogP contribution in [0.3, 0.4) is 0 Å². The number of rotatable bonds is 9. The van der Waals surface area contributed by atoms with Gasteiger partial charge in [0.15, 0.2) is 5.78 Å². The van der Waals surface area contributed by atoms with E-state index in [2.05, 4.69) is 0 Å². The first-order chi connectivity index (χ1) is 14.6. The zero-order valence-corrected chi connectivity index (χ0v) is 18.5. The topological polar surface area (TPSA) is 190 Å². The van der Waals surface area contributed by atoms with Gasteiger partial charge in [0.2, 0.25) is 5.54 Å². The standard InChI is InChI=1S/C20H27N5O6.ClH/c1-2-20(18(23)30)19(31)24(11-16(27)28)10-14(15(26)9-22)25(20)17(29)13-5-3-12(4-6-13)7-8-21;/h3-6,14H,2,7-11,21-22H2,1H3,(H2,23,30)(H,27,28);1H/t14?,20-;/m0./s1. The van der Waals surface area contributed by atoms with Crippen LogP contribution in [-0.2, 0) is 25.6 Å². The molecule has 7 N–H and O–H groups in total. The Labute approximate surface area is 191 Å². The summed E-state index contributed by atoms with van der Waals surface area (Å²) in [7, 11) is 0. The lowest BCUT2D eigenvalue weighted by Gasteiger charge is -2.50. The SMILES string of the molecule is CC[C@]1(C(N)=O)C(=O)N(CC(=O)O)CC(C(=O)CN)N1C(=O)c1ccc(CCN)cc1.Cl. The number of piperazine rings is 1.